The summed E-state index contributed by atoms with van der Waals surface area (Å²) in [6.07, 6.45) is 7.68. The smallest absolute Gasteiger partial charge is 0.189 e. The van der Waals surface area contributed by atoms with E-state index < -0.39 is 0 Å². The zero-order valence-corrected chi connectivity index (χ0v) is 13.2. The van der Waals surface area contributed by atoms with Gasteiger partial charge in [-0.3, -0.25) is 0 Å². The van der Waals surface area contributed by atoms with Crippen molar-refractivity contribution in [3.63, 3.8) is 0 Å². The summed E-state index contributed by atoms with van der Waals surface area (Å²) < 4.78 is 5.28. The van der Waals surface area contributed by atoms with E-state index in [1.807, 2.05) is 12.1 Å². The molecular weight excluding hydrogens is 262 g/mol. The van der Waals surface area contributed by atoms with Gasteiger partial charge in [-0.15, -0.1) is 0 Å². The lowest BCUT2D eigenvalue weighted by Crippen LogP contribution is -2.39. The lowest BCUT2D eigenvalue weighted by Gasteiger charge is -2.16. The molecular formula is C17H27N3O. The maximum Gasteiger partial charge on any atom is 0.189 e. The molecule has 2 rings (SSSR count). The Hall–Kier alpha value is -1.71. The molecule has 1 fully saturated rings. The van der Waals surface area contributed by atoms with Gasteiger partial charge in [-0.2, -0.15) is 0 Å². The molecule has 3 N–H and O–H groups in total. The molecule has 0 aromatic heterocycles. The van der Waals surface area contributed by atoms with Crippen LogP contribution in [-0.2, 0) is 6.54 Å². The van der Waals surface area contributed by atoms with Crippen LogP contribution < -0.4 is 15.8 Å². The molecule has 21 heavy (non-hydrogen) atoms. The van der Waals surface area contributed by atoms with Crippen molar-refractivity contribution in [2.75, 3.05) is 7.11 Å². The number of guanidine groups is 1. The van der Waals surface area contributed by atoms with Gasteiger partial charge < -0.3 is 15.8 Å². The van der Waals surface area contributed by atoms with Crippen LogP contribution in [0.2, 0.25) is 0 Å². The number of nitrogens with two attached hydrogens (primary N) is 1. The second-order valence-corrected chi connectivity index (χ2v) is 5.89. The molecule has 1 aromatic carbocycles. The highest BCUT2D eigenvalue weighted by Gasteiger charge is 2.12. The van der Waals surface area contributed by atoms with E-state index in [1.54, 1.807) is 7.11 Å². The molecule has 0 spiro atoms. The molecule has 1 aromatic rings. The number of nitrogens with zero attached hydrogens (tertiary/aromatic N) is 1. The molecule has 0 amide bonds. The van der Waals surface area contributed by atoms with Gasteiger partial charge in [0, 0.05) is 6.04 Å². The van der Waals surface area contributed by atoms with E-state index in [0.717, 1.165) is 11.3 Å². The van der Waals surface area contributed by atoms with Crippen molar-refractivity contribution in [2.45, 2.75) is 58.0 Å². The fraction of sp³-hybridized carbons (Fsp3) is 0.588. The van der Waals surface area contributed by atoms with Crippen LogP contribution in [-0.4, -0.2) is 19.1 Å². The van der Waals surface area contributed by atoms with Crippen molar-refractivity contribution in [1.82, 2.24) is 5.32 Å². The number of hydrogen-bond donors (Lipinski definition) is 2. The minimum Gasteiger partial charge on any atom is -0.497 e. The number of aliphatic imine (C=N–C) groups is 1. The first-order valence-electron chi connectivity index (χ1n) is 7.88. The molecule has 116 valence electrons. The summed E-state index contributed by atoms with van der Waals surface area (Å²) in [6.45, 7) is 2.65. The van der Waals surface area contributed by atoms with Crippen LogP contribution in [0.1, 0.15) is 49.7 Å². The summed E-state index contributed by atoms with van der Waals surface area (Å²) >= 11 is 0. The van der Waals surface area contributed by atoms with Crippen molar-refractivity contribution in [2.24, 2.45) is 10.7 Å². The maximum absolute atomic E-state index is 6.02. The van der Waals surface area contributed by atoms with Crippen LogP contribution >= 0.6 is 0 Å². The van der Waals surface area contributed by atoms with Gasteiger partial charge in [-0.1, -0.05) is 31.7 Å². The molecule has 1 saturated carbocycles. The molecule has 4 nitrogen and oxygen atoms in total. The van der Waals surface area contributed by atoms with E-state index in [-0.39, 0.29) is 0 Å². The summed E-state index contributed by atoms with van der Waals surface area (Å²) in [5, 5.41) is 3.37. The predicted octanol–water partition coefficient (Wildman–Crippen LogP) is 3.13. The van der Waals surface area contributed by atoms with E-state index >= 15 is 0 Å². The van der Waals surface area contributed by atoms with Gasteiger partial charge in [0.15, 0.2) is 5.96 Å². The Kier molecular flexibility index (Phi) is 5.90. The van der Waals surface area contributed by atoms with Gasteiger partial charge >= 0.3 is 0 Å². The Morgan fingerprint density at radius 3 is 2.62 bits per heavy atom. The Morgan fingerprint density at radius 1 is 1.24 bits per heavy atom. The molecule has 4 heteroatoms. The minimum absolute atomic E-state index is 0.489. The van der Waals surface area contributed by atoms with Crippen molar-refractivity contribution in [3.8, 4) is 5.75 Å². The Labute approximate surface area is 127 Å². The largest absolute Gasteiger partial charge is 0.497 e. The summed E-state index contributed by atoms with van der Waals surface area (Å²) in [5.41, 5.74) is 8.32. The average molecular weight is 289 g/mol. The topological polar surface area (TPSA) is 59.6 Å². The zero-order chi connectivity index (χ0) is 15.1. The monoisotopic (exact) mass is 289 g/mol. The summed E-state index contributed by atoms with van der Waals surface area (Å²) in [6, 6.07) is 6.63. The normalized spacial score (nSPS) is 17.3. The Morgan fingerprint density at radius 2 is 1.95 bits per heavy atom. The van der Waals surface area contributed by atoms with E-state index in [1.165, 1.54) is 44.1 Å². The average Bonchev–Trinajstić information content (AvgIpc) is 2.73. The quantitative estimate of drug-likeness (QED) is 0.508. The van der Waals surface area contributed by atoms with Crippen LogP contribution in [0.25, 0.3) is 0 Å². The fourth-order valence-electron chi connectivity index (χ4n) is 2.89. The van der Waals surface area contributed by atoms with Gasteiger partial charge in [-0.05, 0) is 43.0 Å². The first-order chi connectivity index (χ1) is 10.2. The fourth-order valence-corrected chi connectivity index (χ4v) is 2.89. The molecule has 0 heterocycles. The summed E-state index contributed by atoms with van der Waals surface area (Å²) in [7, 11) is 1.68. The molecule has 0 saturated heterocycles. The van der Waals surface area contributed by atoms with Gasteiger partial charge in [-0.25, -0.2) is 4.99 Å². The number of nitrogens with one attached hydrogen (secondary N) is 1. The van der Waals surface area contributed by atoms with Gasteiger partial charge in [0.1, 0.15) is 5.75 Å². The third-order valence-corrected chi connectivity index (χ3v) is 3.99. The number of hydrogen-bond acceptors (Lipinski definition) is 2. The second kappa shape index (κ2) is 7.91. The molecule has 0 bridgehead atoms. The van der Waals surface area contributed by atoms with E-state index in [2.05, 4.69) is 23.3 Å². The maximum atomic E-state index is 6.02. The molecule has 0 radical (unpaired) electrons. The van der Waals surface area contributed by atoms with Crippen molar-refractivity contribution in [3.05, 3.63) is 29.3 Å². The Balaban J connectivity index is 1.91. The van der Waals surface area contributed by atoms with E-state index in [9.17, 15) is 0 Å². The lowest BCUT2D eigenvalue weighted by atomic mass is 10.1. The van der Waals surface area contributed by atoms with E-state index in [4.69, 9.17) is 10.5 Å². The number of rotatable bonds is 4. The third kappa shape index (κ3) is 5.29. The van der Waals surface area contributed by atoms with Crippen LogP contribution in [0.15, 0.2) is 23.2 Å². The second-order valence-electron chi connectivity index (χ2n) is 5.89. The molecule has 0 atom stereocenters. The Bertz CT molecular complexity index is 477. The highest BCUT2D eigenvalue weighted by molar-refractivity contribution is 5.78. The number of methoxy groups -OCH3 is 1. The first kappa shape index (κ1) is 15.7. The predicted molar refractivity (Wildman–Crippen MR) is 87.7 cm³/mol. The minimum atomic E-state index is 0.489. The van der Waals surface area contributed by atoms with Crippen molar-refractivity contribution >= 4 is 5.96 Å². The number of ether oxygens (including phenoxy) is 1. The highest BCUT2D eigenvalue weighted by Crippen LogP contribution is 2.18. The lowest BCUT2D eigenvalue weighted by molar-refractivity contribution is 0.414. The van der Waals surface area contributed by atoms with Crippen LogP contribution in [0.3, 0.4) is 0 Å². The SMILES string of the molecule is COc1cc(C)cc(CN=C(N)NC2CCCCCC2)c1. The van der Waals surface area contributed by atoms with Gasteiger partial charge in [0.25, 0.3) is 0 Å². The van der Waals surface area contributed by atoms with Gasteiger partial charge in [0.05, 0.1) is 13.7 Å². The molecule has 1 aliphatic rings. The van der Waals surface area contributed by atoms with E-state index in [0.29, 0.717) is 18.5 Å². The first-order valence-corrected chi connectivity index (χ1v) is 7.88. The van der Waals surface area contributed by atoms with Crippen LogP contribution in [0, 0.1) is 6.92 Å². The zero-order valence-electron chi connectivity index (χ0n) is 13.2. The van der Waals surface area contributed by atoms with Crippen molar-refractivity contribution < 1.29 is 4.74 Å². The number of aryl methyl sites for hydroxylation is 1. The molecule has 0 unspecified atom stereocenters. The van der Waals surface area contributed by atoms with Gasteiger partial charge in [0.2, 0.25) is 0 Å². The molecule has 0 aliphatic heterocycles. The highest BCUT2D eigenvalue weighted by atomic mass is 16.5. The summed E-state index contributed by atoms with van der Waals surface area (Å²) in [4.78, 5) is 4.46. The van der Waals surface area contributed by atoms with Crippen LogP contribution in [0.4, 0.5) is 0 Å². The third-order valence-electron chi connectivity index (χ3n) is 3.99. The molecule has 1 aliphatic carbocycles. The summed E-state index contributed by atoms with van der Waals surface area (Å²) in [5.74, 6) is 1.43. The standard InChI is InChI=1S/C17H27N3O/c1-13-9-14(11-16(10-13)21-2)12-19-17(18)20-15-7-5-3-4-6-8-15/h9-11,15H,3-8,12H2,1-2H3,(H3,18,19,20). The van der Waals surface area contributed by atoms with Crippen LogP contribution in [0.5, 0.6) is 5.75 Å². The van der Waals surface area contributed by atoms with Crippen molar-refractivity contribution in [1.29, 1.82) is 0 Å². The number of benzene rings is 1.